The molecule has 3 heterocycles. The molecule has 1 atom stereocenters. The Balaban J connectivity index is 1.61. The zero-order valence-electron chi connectivity index (χ0n) is 18.5. The summed E-state index contributed by atoms with van der Waals surface area (Å²) < 4.78 is 12.6. The summed E-state index contributed by atoms with van der Waals surface area (Å²) >= 11 is 0. The lowest BCUT2D eigenvalue weighted by Gasteiger charge is -2.29. The number of ether oxygens (including phenoxy) is 1. The molecular weight excluding hydrogens is 418 g/mol. The molecule has 0 saturated heterocycles. The first-order chi connectivity index (χ1) is 16.0. The Bertz CT molecular complexity index is 1350. The van der Waals surface area contributed by atoms with Crippen LogP contribution in [0.3, 0.4) is 0 Å². The Labute approximate surface area is 190 Å². The number of aromatic nitrogens is 3. The van der Waals surface area contributed by atoms with Gasteiger partial charge in [0.05, 0.1) is 24.6 Å². The molecule has 0 saturated carbocycles. The largest absolute Gasteiger partial charge is 0.495 e. The molecule has 1 aliphatic rings. The second-order valence-corrected chi connectivity index (χ2v) is 7.82. The van der Waals surface area contributed by atoms with Gasteiger partial charge in [0.2, 0.25) is 11.8 Å². The van der Waals surface area contributed by atoms with E-state index in [1.165, 1.54) is 0 Å². The molecule has 0 fully saturated rings. The summed E-state index contributed by atoms with van der Waals surface area (Å²) in [6, 6.07) is 18.5. The second kappa shape index (κ2) is 8.31. The molecule has 2 aromatic heterocycles. The molecule has 1 aliphatic heterocycles. The SMILES string of the molecule is COc1ccccc1NC(=O)C1=C(C)Nc2nc(-c3ccco3)nn2[C@@H]1c1cccc(C)c1. The number of benzene rings is 2. The van der Waals surface area contributed by atoms with Crippen molar-refractivity contribution in [3.05, 3.63) is 89.3 Å². The number of furan rings is 1. The average Bonchev–Trinajstić information content (AvgIpc) is 3.48. The number of anilines is 2. The Morgan fingerprint density at radius 2 is 1.97 bits per heavy atom. The van der Waals surface area contributed by atoms with Crippen LogP contribution in [0.4, 0.5) is 11.6 Å². The van der Waals surface area contributed by atoms with Crippen molar-refractivity contribution in [2.45, 2.75) is 19.9 Å². The molecular formula is C25H23N5O3. The molecule has 2 N–H and O–H groups in total. The van der Waals surface area contributed by atoms with Gasteiger partial charge >= 0.3 is 0 Å². The van der Waals surface area contributed by atoms with E-state index >= 15 is 0 Å². The van der Waals surface area contributed by atoms with Gasteiger partial charge in [0.15, 0.2) is 5.76 Å². The third-order valence-electron chi connectivity index (χ3n) is 5.55. The van der Waals surface area contributed by atoms with Crippen LogP contribution in [0.15, 0.2) is 82.6 Å². The van der Waals surface area contributed by atoms with E-state index < -0.39 is 6.04 Å². The topological polar surface area (TPSA) is 94.2 Å². The van der Waals surface area contributed by atoms with Crippen molar-refractivity contribution in [3.63, 3.8) is 0 Å². The van der Waals surface area contributed by atoms with Gasteiger partial charge in [-0.3, -0.25) is 4.79 Å². The number of para-hydroxylation sites is 2. The van der Waals surface area contributed by atoms with Crippen molar-refractivity contribution in [1.29, 1.82) is 0 Å². The van der Waals surface area contributed by atoms with E-state index in [4.69, 9.17) is 14.3 Å². The van der Waals surface area contributed by atoms with Crippen LogP contribution in [0.5, 0.6) is 5.75 Å². The van der Waals surface area contributed by atoms with E-state index in [1.54, 1.807) is 42.3 Å². The summed E-state index contributed by atoms with van der Waals surface area (Å²) in [4.78, 5) is 18.2. The third-order valence-corrected chi connectivity index (χ3v) is 5.55. The maximum Gasteiger partial charge on any atom is 0.255 e. The molecule has 5 rings (SSSR count). The van der Waals surface area contributed by atoms with Crippen LogP contribution in [0.25, 0.3) is 11.6 Å². The number of hydrogen-bond acceptors (Lipinski definition) is 6. The zero-order valence-corrected chi connectivity index (χ0v) is 18.5. The maximum atomic E-state index is 13.6. The molecule has 1 amide bonds. The number of carbonyl (C=O) groups is 1. The number of allylic oxidation sites excluding steroid dienone is 1. The normalized spacial score (nSPS) is 15.1. The van der Waals surface area contributed by atoms with Crippen LogP contribution in [-0.4, -0.2) is 27.8 Å². The summed E-state index contributed by atoms with van der Waals surface area (Å²) in [5, 5.41) is 10.9. The highest BCUT2D eigenvalue weighted by molar-refractivity contribution is 6.06. The van der Waals surface area contributed by atoms with E-state index in [-0.39, 0.29) is 5.91 Å². The van der Waals surface area contributed by atoms with E-state index in [2.05, 4.69) is 21.7 Å². The first-order valence-electron chi connectivity index (χ1n) is 10.5. The Morgan fingerprint density at radius 1 is 1.12 bits per heavy atom. The minimum absolute atomic E-state index is 0.253. The number of carbonyl (C=O) groups excluding carboxylic acids is 1. The van der Waals surface area contributed by atoms with Crippen molar-refractivity contribution < 1.29 is 13.9 Å². The van der Waals surface area contributed by atoms with Crippen LogP contribution in [-0.2, 0) is 4.79 Å². The molecule has 33 heavy (non-hydrogen) atoms. The molecule has 166 valence electrons. The van der Waals surface area contributed by atoms with Crippen molar-refractivity contribution in [2.24, 2.45) is 0 Å². The van der Waals surface area contributed by atoms with Gasteiger partial charge in [-0.05, 0) is 43.7 Å². The molecule has 0 unspecified atom stereocenters. The number of fused-ring (bicyclic) bond motifs is 1. The van der Waals surface area contributed by atoms with Gasteiger partial charge in [-0.2, -0.15) is 4.98 Å². The highest BCUT2D eigenvalue weighted by atomic mass is 16.5. The second-order valence-electron chi connectivity index (χ2n) is 7.82. The van der Waals surface area contributed by atoms with Gasteiger partial charge < -0.3 is 19.8 Å². The lowest BCUT2D eigenvalue weighted by atomic mass is 9.94. The fraction of sp³-hybridized carbons (Fsp3) is 0.160. The zero-order chi connectivity index (χ0) is 22.9. The van der Waals surface area contributed by atoms with E-state index in [9.17, 15) is 4.79 Å². The van der Waals surface area contributed by atoms with Crippen molar-refractivity contribution in [2.75, 3.05) is 17.7 Å². The number of aryl methyl sites for hydroxylation is 1. The number of hydrogen-bond donors (Lipinski definition) is 2. The van der Waals surface area contributed by atoms with Crippen molar-refractivity contribution in [1.82, 2.24) is 14.8 Å². The summed E-state index contributed by atoms with van der Waals surface area (Å²) in [6.07, 6.45) is 1.58. The van der Waals surface area contributed by atoms with Gasteiger partial charge in [-0.15, -0.1) is 5.10 Å². The number of nitrogens with zero attached hydrogens (tertiary/aromatic N) is 3. The first kappa shape index (κ1) is 20.6. The lowest BCUT2D eigenvalue weighted by molar-refractivity contribution is -0.113. The van der Waals surface area contributed by atoms with Crippen LogP contribution in [0, 0.1) is 6.92 Å². The summed E-state index contributed by atoms with van der Waals surface area (Å²) in [5.74, 6) is 1.87. The summed E-state index contributed by atoms with van der Waals surface area (Å²) in [6.45, 7) is 3.89. The number of amides is 1. The molecule has 8 nitrogen and oxygen atoms in total. The Hall–Kier alpha value is -4.33. The number of methoxy groups -OCH3 is 1. The highest BCUT2D eigenvalue weighted by Gasteiger charge is 2.35. The van der Waals surface area contributed by atoms with Gasteiger partial charge in [-0.1, -0.05) is 42.0 Å². The van der Waals surface area contributed by atoms with Crippen LogP contribution >= 0.6 is 0 Å². The number of rotatable bonds is 5. The van der Waals surface area contributed by atoms with Gasteiger partial charge in [-0.25, -0.2) is 4.68 Å². The summed E-state index contributed by atoms with van der Waals surface area (Å²) in [5.41, 5.74) is 3.84. The predicted molar refractivity (Wildman–Crippen MR) is 125 cm³/mol. The molecule has 0 radical (unpaired) electrons. The van der Waals surface area contributed by atoms with Gasteiger partial charge in [0, 0.05) is 5.70 Å². The average molecular weight is 441 g/mol. The maximum absolute atomic E-state index is 13.6. The predicted octanol–water partition coefficient (Wildman–Crippen LogP) is 4.78. The Morgan fingerprint density at radius 3 is 2.73 bits per heavy atom. The van der Waals surface area contributed by atoms with Gasteiger partial charge in [0.25, 0.3) is 5.91 Å². The molecule has 0 aliphatic carbocycles. The minimum atomic E-state index is -0.480. The Kier molecular flexibility index (Phi) is 5.18. The molecule has 2 aromatic carbocycles. The fourth-order valence-corrected chi connectivity index (χ4v) is 4.04. The highest BCUT2D eigenvalue weighted by Crippen LogP contribution is 2.37. The van der Waals surface area contributed by atoms with Crippen molar-refractivity contribution in [3.8, 4) is 17.3 Å². The van der Waals surface area contributed by atoms with Crippen LogP contribution in [0.1, 0.15) is 24.1 Å². The molecule has 4 aromatic rings. The van der Waals surface area contributed by atoms with Gasteiger partial charge in [0.1, 0.15) is 11.8 Å². The first-order valence-corrected chi connectivity index (χ1v) is 10.5. The van der Waals surface area contributed by atoms with Crippen LogP contribution < -0.4 is 15.4 Å². The van der Waals surface area contributed by atoms with E-state index in [0.717, 1.165) is 11.1 Å². The van der Waals surface area contributed by atoms with E-state index in [1.807, 2.05) is 44.2 Å². The smallest absolute Gasteiger partial charge is 0.255 e. The van der Waals surface area contributed by atoms with Crippen molar-refractivity contribution >= 4 is 17.5 Å². The third kappa shape index (κ3) is 3.76. The minimum Gasteiger partial charge on any atom is -0.495 e. The standard InChI is InChI=1S/C25H23N5O3/c1-15-8-6-9-17(14-15)22-21(24(31)27-18-10-4-5-11-19(18)32-3)16(2)26-25-28-23(29-30(22)25)20-12-7-13-33-20/h4-14,22H,1-3H3,(H,27,31)(H,26,28,29)/t22-/m1/s1. The van der Waals surface area contributed by atoms with Crippen LogP contribution in [0.2, 0.25) is 0 Å². The van der Waals surface area contributed by atoms with E-state index in [0.29, 0.717) is 40.2 Å². The molecule has 8 heteroatoms. The summed E-state index contributed by atoms with van der Waals surface area (Å²) in [7, 11) is 1.57. The molecule has 0 spiro atoms. The number of nitrogens with one attached hydrogen (secondary N) is 2. The lowest BCUT2D eigenvalue weighted by Crippen LogP contribution is -2.31. The monoisotopic (exact) mass is 441 g/mol. The fourth-order valence-electron chi connectivity index (χ4n) is 4.04. The molecule has 0 bridgehead atoms. The quantitative estimate of drug-likeness (QED) is 0.463.